The van der Waals surface area contributed by atoms with Gasteiger partial charge in [0.1, 0.15) is 6.10 Å². The molecule has 19 heavy (non-hydrogen) atoms. The molecule has 0 bridgehead atoms. The maximum Gasteiger partial charge on any atom is 0.314 e. The van der Waals surface area contributed by atoms with E-state index in [1.165, 1.54) is 0 Å². The lowest BCUT2D eigenvalue weighted by molar-refractivity contribution is 0.135. The minimum absolute atomic E-state index is 0.0726. The van der Waals surface area contributed by atoms with Crippen molar-refractivity contribution in [2.24, 2.45) is 0 Å². The van der Waals surface area contributed by atoms with E-state index in [0.29, 0.717) is 12.4 Å². The first-order valence-electron chi connectivity index (χ1n) is 6.90. The number of amides is 2. The summed E-state index contributed by atoms with van der Waals surface area (Å²) >= 11 is 0. The van der Waals surface area contributed by atoms with Crippen molar-refractivity contribution in [2.75, 3.05) is 6.54 Å². The smallest absolute Gasteiger partial charge is 0.314 e. The highest BCUT2D eigenvalue weighted by Crippen LogP contribution is 2.22. The molecule has 0 unspecified atom stereocenters. The molecule has 5 heteroatoms. The molecule has 1 aromatic heterocycles. The number of carbonyl (C=O) groups excluding carboxylic acids is 1. The van der Waals surface area contributed by atoms with Crippen LogP contribution in [-0.4, -0.2) is 29.7 Å². The van der Waals surface area contributed by atoms with Crippen molar-refractivity contribution in [1.82, 2.24) is 15.6 Å². The van der Waals surface area contributed by atoms with Crippen LogP contribution in [0.3, 0.4) is 0 Å². The van der Waals surface area contributed by atoms with Gasteiger partial charge in [-0.1, -0.05) is 6.07 Å². The molecule has 0 aromatic carbocycles. The lowest BCUT2D eigenvalue weighted by atomic mass is 9.93. The molecule has 1 aromatic rings. The van der Waals surface area contributed by atoms with Crippen LogP contribution < -0.4 is 15.4 Å². The molecule has 0 radical (unpaired) electrons. The zero-order chi connectivity index (χ0) is 13.5. The van der Waals surface area contributed by atoms with Crippen LogP contribution in [0.25, 0.3) is 0 Å². The quantitative estimate of drug-likeness (QED) is 0.874. The minimum Gasteiger partial charge on any atom is -0.474 e. The molecule has 1 saturated carbocycles. The predicted molar refractivity (Wildman–Crippen MR) is 73.1 cm³/mol. The molecule has 1 heterocycles. The zero-order valence-electron chi connectivity index (χ0n) is 11.3. The van der Waals surface area contributed by atoms with Crippen molar-refractivity contribution >= 4 is 6.03 Å². The summed E-state index contributed by atoms with van der Waals surface area (Å²) in [5, 5.41) is 5.74. The van der Waals surface area contributed by atoms with Crippen LogP contribution in [0, 0.1) is 0 Å². The number of ether oxygens (including phenoxy) is 1. The Morgan fingerprint density at radius 2 is 2.16 bits per heavy atom. The minimum atomic E-state index is -0.0726. The van der Waals surface area contributed by atoms with Crippen molar-refractivity contribution in [3.63, 3.8) is 0 Å². The highest BCUT2D eigenvalue weighted by atomic mass is 16.5. The van der Waals surface area contributed by atoms with Gasteiger partial charge in [0, 0.05) is 24.8 Å². The van der Waals surface area contributed by atoms with E-state index in [4.69, 9.17) is 4.74 Å². The van der Waals surface area contributed by atoms with Crippen LogP contribution in [0.1, 0.15) is 32.6 Å². The number of nitrogens with one attached hydrogen (secondary N) is 2. The molecule has 2 rings (SSSR count). The number of hydrogen-bond donors (Lipinski definition) is 2. The Labute approximate surface area is 113 Å². The maximum absolute atomic E-state index is 11.4. The average Bonchev–Trinajstić information content (AvgIpc) is 2.42. The summed E-state index contributed by atoms with van der Waals surface area (Å²) in [6, 6.07) is 5.86. The highest BCUT2D eigenvalue weighted by Gasteiger charge is 2.23. The first-order chi connectivity index (χ1) is 9.28. The monoisotopic (exact) mass is 263 g/mol. The van der Waals surface area contributed by atoms with E-state index in [1.54, 1.807) is 6.20 Å². The lowest BCUT2D eigenvalue weighted by Crippen LogP contribution is -2.44. The molecule has 0 aliphatic heterocycles. The molecule has 1 aliphatic carbocycles. The van der Waals surface area contributed by atoms with E-state index in [-0.39, 0.29) is 18.2 Å². The number of rotatable bonds is 4. The molecular formula is C14H21N3O2. The van der Waals surface area contributed by atoms with Crippen LogP contribution in [-0.2, 0) is 0 Å². The maximum atomic E-state index is 11.4. The van der Waals surface area contributed by atoms with E-state index in [1.807, 2.05) is 25.1 Å². The summed E-state index contributed by atoms with van der Waals surface area (Å²) in [6.45, 7) is 2.57. The van der Waals surface area contributed by atoms with Gasteiger partial charge in [0.05, 0.1) is 0 Å². The molecule has 2 amide bonds. The predicted octanol–water partition coefficient (Wildman–Crippen LogP) is 2.09. The summed E-state index contributed by atoms with van der Waals surface area (Å²) in [6.07, 6.45) is 5.75. The van der Waals surface area contributed by atoms with E-state index in [2.05, 4.69) is 15.6 Å². The topological polar surface area (TPSA) is 63.2 Å². The van der Waals surface area contributed by atoms with Crippen LogP contribution >= 0.6 is 0 Å². The fraction of sp³-hybridized carbons (Fsp3) is 0.571. The third-order valence-electron chi connectivity index (χ3n) is 3.27. The number of hydrogen-bond acceptors (Lipinski definition) is 3. The molecular weight excluding hydrogens is 242 g/mol. The van der Waals surface area contributed by atoms with Crippen molar-refractivity contribution in [3.8, 4) is 5.88 Å². The summed E-state index contributed by atoms with van der Waals surface area (Å²) in [7, 11) is 0. The van der Waals surface area contributed by atoms with E-state index < -0.39 is 0 Å². The van der Waals surface area contributed by atoms with Crippen LogP contribution in [0.5, 0.6) is 5.88 Å². The normalized spacial score (nSPS) is 22.6. The molecule has 2 N–H and O–H groups in total. The third kappa shape index (κ3) is 4.43. The molecule has 5 nitrogen and oxygen atoms in total. The average molecular weight is 263 g/mol. The van der Waals surface area contributed by atoms with E-state index >= 15 is 0 Å². The molecule has 0 saturated heterocycles. The molecule has 1 fully saturated rings. The van der Waals surface area contributed by atoms with Crippen LogP contribution in [0.2, 0.25) is 0 Å². The Hall–Kier alpha value is -1.78. The second-order valence-corrected chi connectivity index (χ2v) is 4.76. The summed E-state index contributed by atoms with van der Waals surface area (Å²) in [5.41, 5.74) is 0. The number of carbonyl (C=O) groups is 1. The Balaban J connectivity index is 1.72. The van der Waals surface area contributed by atoms with Crippen molar-refractivity contribution in [3.05, 3.63) is 24.4 Å². The first kappa shape index (κ1) is 13.6. The van der Waals surface area contributed by atoms with Gasteiger partial charge in [-0.2, -0.15) is 0 Å². The SMILES string of the molecule is CCNC(=O)NC1CCC(Oc2ccccn2)CC1. The van der Waals surface area contributed by atoms with Gasteiger partial charge >= 0.3 is 6.03 Å². The Morgan fingerprint density at radius 3 is 2.79 bits per heavy atom. The summed E-state index contributed by atoms with van der Waals surface area (Å²) in [5.74, 6) is 0.683. The van der Waals surface area contributed by atoms with Crippen LogP contribution in [0.15, 0.2) is 24.4 Å². The van der Waals surface area contributed by atoms with Crippen molar-refractivity contribution in [2.45, 2.75) is 44.8 Å². The number of nitrogens with zero attached hydrogens (tertiary/aromatic N) is 1. The van der Waals surface area contributed by atoms with Crippen LogP contribution in [0.4, 0.5) is 4.79 Å². The Morgan fingerprint density at radius 1 is 1.37 bits per heavy atom. The van der Waals surface area contributed by atoms with Crippen molar-refractivity contribution in [1.29, 1.82) is 0 Å². The number of pyridine rings is 1. The third-order valence-corrected chi connectivity index (χ3v) is 3.27. The van der Waals surface area contributed by atoms with Crippen molar-refractivity contribution < 1.29 is 9.53 Å². The first-order valence-corrected chi connectivity index (χ1v) is 6.90. The standard InChI is InChI=1S/C14H21N3O2/c1-2-15-14(18)17-11-6-8-12(9-7-11)19-13-5-3-4-10-16-13/h3-5,10-12H,2,6-9H2,1H3,(H2,15,17,18). The molecule has 0 atom stereocenters. The highest BCUT2D eigenvalue weighted by molar-refractivity contribution is 5.74. The molecule has 104 valence electrons. The van der Waals surface area contributed by atoms with E-state index in [0.717, 1.165) is 25.7 Å². The Kier molecular flexibility index (Phi) is 5.01. The second kappa shape index (κ2) is 6.97. The molecule has 0 spiro atoms. The van der Waals surface area contributed by atoms with Gasteiger partial charge in [-0.05, 0) is 38.7 Å². The molecule has 1 aliphatic rings. The van der Waals surface area contributed by atoms with Gasteiger partial charge < -0.3 is 15.4 Å². The fourth-order valence-corrected chi connectivity index (χ4v) is 2.31. The number of urea groups is 1. The summed E-state index contributed by atoms with van der Waals surface area (Å²) < 4.78 is 5.82. The fourth-order valence-electron chi connectivity index (χ4n) is 2.31. The summed E-state index contributed by atoms with van der Waals surface area (Å²) in [4.78, 5) is 15.6. The van der Waals surface area contributed by atoms with Gasteiger partial charge in [-0.15, -0.1) is 0 Å². The lowest BCUT2D eigenvalue weighted by Gasteiger charge is -2.29. The number of aromatic nitrogens is 1. The van der Waals surface area contributed by atoms with Gasteiger partial charge in [0.25, 0.3) is 0 Å². The van der Waals surface area contributed by atoms with E-state index in [9.17, 15) is 4.79 Å². The Bertz CT molecular complexity index is 389. The zero-order valence-corrected chi connectivity index (χ0v) is 11.3. The van der Waals surface area contributed by atoms with Gasteiger partial charge in [0.2, 0.25) is 5.88 Å². The largest absolute Gasteiger partial charge is 0.474 e. The van der Waals surface area contributed by atoms with Gasteiger partial charge in [0.15, 0.2) is 0 Å². The van der Waals surface area contributed by atoms with Gasteiger partial charge in [-0.25, -0.2) is 9.78 Å². The second-order valence-electron chi connectivity index (χ2n) is 4.76. The van der Waals surface area contributed by atoms with Gasteiger partial charge in [-0.3, -0.25) is 0 Å².